The summed E-state index contributed by atoms with van der Waals surface area (Å²) < 4.78 is 24.0. The van der Waals surface area contributed by atoms with Crippen LogP contribution < -0.4 is 14.8 Å². The van der Waals surface area contributed by atoms with Crippen LogP contribution in [-0.4, -0.2) is 38.0 Å². The van der Waals surface area contributed by atoms with E-state index in [4.69, 9.17) is 5.14 Å². The van der Waals surface area contributed by atoms with Crippen LogP contribution in [0.1, 0.15) is 30.5 Å². The number of nitrogens with zero attached hydrogens (tertiary/aromatic N) is 3. The van der Waals surface area contributed by atoms with Crippen LogP contribution in [0.4, 0.5) is 5.82 Å². The van der Waals surface area contributed by atoms with Gasteiger partial charge in [-0.1, -0.05) is 0 Å². The van der Waals surface area contributed by atoms with Gasteiger partial charge in [0.05, 0.1) is 0 Å². The Kier molecular flexibility index (Phi) is 5.13. The maximum absolute atomic E-state index is 10.8. The molecule has 0 spiro atoms. The Morgan fingerprint density at radius 2 is 2.00 bits per heavy atom. The van der Waals surface area contributed by atoms with E-state index in [1.807, 2.05) is 13.8 Å². The van der Waals surface area contributed by atoms with Gasteiger partial charge in [0.15, 0.2) is 0 Å². The second-order valence-electron chi connectivity index (χ2n) is 5.57. The molecule has 1 aliphatic rings. The molecular formula is C13H23N5O2S. The van der Waals surface area contributed by atoms with Gasteiger partial charge in [0.2, 0.25) is 0 Å². The van der Waals surface area contributed by atoms with E-state index in [2.05, 4.69) is 19.6 Å². The molecule has 0 aliphatic carbocycles. The Morgan fingerprint density at radius 1 is 1.33 bits per heavy atom. The van der Waals surface area contributed by atoms with Gasteiger partial charge in [-0.3, -0.25) is 0 Å². The first-order valence-corrected chi connectivity index (χ1v) is 8.72. The van der Waals surface area contributed by atoms with E-state index in [0.717, 1.165) is 49.4 Å². The van der Waals surface area contributed by atoms with Crippen molar-refractivity contribution in [1.82, 2.24) is 14.7 Å². The monoisotopic (exact) mass is 313 g/mol. The van der Waals surface area contributed by atoms with Gasteiger partial charge < -0.3 is 4.90 Å². The summed E-state index contributed by atoms with van der Waals surface area (Å²) in [6.45, 7) is 6.34. The molecule has 2 rings (SSSR count). The van der Waals surface area contributed by atoms with Gasteiger partial charge >= 0.3 is 0 Å². The number of anilines is 1. The molecule has 1 saturated heterocycles. The summed E-state index contributed by atoms with van der Waals surface area (Å²) in [4.78, 5) is 10.9. The normalized spacial score (nSPS) is 17.2. The summed E-state index contributed by atoms with van der Waals surface area (Å²) in [6, 6.07) is 0. The third-order valence-corrected chi connectivity index (χ3v) is 4.69. The number of hydrogen-bond acceptors (Lipinski definition) is 5. The molecule has 3 N–H and O–H groups in total. The molecule has 0 bridgehead atoms. The predicted octanol–water partition coefficient (Wildman–Crippen LogP) is 0.493. The van der Waals surface area contributed by atoms with Crippen molar-refractivity contribution in [2.45, 2.75) is 33.1 Å². The Labute approximate surface area is 126 Å². The van der Waals surface area contributed by atoms with E-state index >= 15 is 0 Å². The van der Waals surface area contributed by atoms with Gasteiger partial charge in [-0.15, -0.1) is 0 Å². The summed E-state index contributed by atoms with van der Waals surface area (Å²) in [5.74, 6) is 1.54. The van der Waals surface area contributed by atoms with Crippen molar-refractivity contribution in [3.05, 3.63) is 17.6 Å². The zero-order valence-electron chi connectivity index (χ0n) is 12.5. The van der Waals surface area contributed by atoms with E-state index in [-0.39, 0.29) is 0 Å². The minimum atomic E-state index is -3.57. The first kappa shape index (κ1) is 16.1. The number of aryl methyl sites for hydroxylation is 1. The molecule has 0 atom stereocenters. The largest absolute Gasteiger partial charge is 0.356 e. The van der Waals surface area contributed by atoms with Crippen LogP contribution >= 0.6 is 0 Å². The average molecular weight is 313 g/mol. The molecule has 1 aliphatic heterocycles. The van der Waals surface area contributed by atoms with Crippen LogP contribution in [0, 0.1) is 19.8 Å². The van der Waals surface area contributed by atoms with E-state index in [0.29, 0.717) is 12.5 Å². The van der Waals surface area contributed by atoms with Crippen LogP contribution in [0.15, 0.2) is 6.33 Å². The topological polar surface area (TPSA) is 101 Å². The second kappa shape index (κ2) is 6.67. The predicted molar refractivity (Wildman–Crippen MR) is 82.2 cm³/mol. The molecule has 2 heterocycles. The third kappa shape index (κ3) is 4.62. The quantitative estimate of drug-likeness (QED) is 0.824. The standard InChI is InChI=1S/C13H23N5O2S/c1-10-11(2)15-9-16-13(10)18-7-4-12(5-8-18)3-6-17-21(14,19)20/h9,12,17H,3-8H2,1-2H3,(H2,14,19,20). The highest BCUT2D eigenvalue weighted by atomic mass is 32.2. The number of nitrogens with two attached hydrogens (primary N) is 1. The van der Waals surface area contributed by atoms with E-state index in [1.165, 1.54) is 0 Å². The van der Waals surface area contributed by atoms with Crippen LogP contribution in [0.25, 0.3) is 0 Å². The smallest absolute Gasteiger partial charge is 0.274 e. The fourth-order valence-electron chi connectivity index (χ4n) is 2.68. The molecule has 8 heteroatoms. The van der Waals surface area contributed by atoms with E-state index in [9.17, 15) is 8.42 Å². The third-order valence-electron chi connectivity index (χ3n) is 4.08. The van der Waals surface area contributed by atoms with Gasteiger partial charge in [-0.2, -0.15) is 8.42 Å². The van der Waals surface area contributed by atoms with Gasteiger partial charge in [0.1, 0.15) is 12.1 Å². The number of nitrogens with one attached hydrogen (secondary N) is 1. The van der Waals surface area contributed by atoms with Crippen molar-refractivity contribution >= 4 is 16.0 Å². The molecule has 0 radical (unpaired) electrons. The molecule has 0 saturated carbocycles. The van der Waals surface area contributed by atoms with Crippen LogP contribution in [0.2, 0.25) is 0 Å². The zero-order valence-corrected chi connectivity index (χ0v) is 13.4. The summed E-state index contributed by atoms with van der Waals surface area (Å²) >= 11 is 0. The zero-order chi connectivity index (χ0) is 15.5. The van der Waals surface area contributed by atoms with Crippen LogP contribution in [-0.2, 0) is 10.2 Å². The van der Waals surface area contributed by atoms with Crippen molar-refractivity contribution in [3.8, 4) is 0 Å². The number of hydrogen-bond donors (Lipinski definition) is 2. The molecule has 1 fully saturated rings. The lowest BCUT2D eigenvalue weighted by Crippen LogP contribution is -2.37. The van der Waals surface area contributed by atoms with Gasteiger partial charge in [0.25, 0.3) is 10.2 Å². The maximum atomic E-state index is 10.8. The summed E-state index contributed by atoms with van der Waals surface area (Å²) in [6.07, 6.45) is 4.51. The Morgan fingerprint density at radius 3 is 2.62 bits per heavy atom. The molecule has 1 aromatic rings. The van der Waals surface area contributed by atoms with Crippen molar-refractivity contribution < 1.29 is 8.42 Å². The lowest BCUT2D eigenvalue weighted by molar-refractivity contribution is 0.380. The van der Waals surface area contributed by atoms with Gasteiger partial charge in [0, 0.05) is 30.9 Å². The molecule has 21 heavy (non-hydrogen) atoms. The second-order valence-corrected chi connectivity index (χ2v) is 6.94. The van der Waals surface area contributed by atoms with E-state index in [1.54, 1.807) is 6.33 Å². The average Bonchev–Trinajstić information content (AvgIpc) is 2.41. The first-order valence-electron chi connectivity index (χ1n) is 7.17. The van der Waals surface area contributed by atoms with Crippen LogP contribution in [0.3, 0.4) is 0 Å². The highest BCUT2D eigenvalue weighted by molar-refractivity contribution is 7.87. The summed E-state index contributed by atoms with van der Waals surface area (Å²) in [5, 5.41) is 4.92. The minimum absolute atomic E-state index is 0.412. The van der Waals surface area contributed by atoms with Gasteiger partial charge in [-0.05, 0) is 39.0 Å². The number of rotatable bonds is 5. The maximum Gasteiger partial charge on any atom is 0.274 e. The number of aromatic nitrogens is 2. The fraction of sp³-hybridized carbons (Fsp3) is 0.692. The molecule has 1 aromatic heterocycles. The molecular weight excluding hydrogens is 290 g/mol. The first-order chi connectivity index (χ1) is 9.87. The summed E-state index contributed by atoms with van der Waals surface area (Å²) in [7, 11) is -3.57. The molecule has 0 aromatic carbocycles. The Balaban J connectivity index is 1.84. The highest BCUT2D eigenvalue weighted by Gasteiger charge is 2.21. The number of piperidine rings is 1. The fourth-order valence-corrected chi connectivity index (χ4v) is 3.09. The van der Waals surface area contributed by atoms with Crippen molar-refractivity contribution in [1.29, 1.82) is 0 Å². The molecule has 7 nitrogen and oxygen atoms in total. The van der Waals surface area contributed by atoms with Crippen molar-refractivity contribution in [3.63, 3.8) is 0 Å². The van der Waals surface area contributed by atoms with Crippen LogP contribution in [0.5, 0.6) is 0 Å². The molecule has 0 amide bonds. The highest BCUT2D eigenvalue weighted by Crippen LogP contribution is 2.26. The van der Waals surface area contributed by atoms with Crippen molar-refractivity contribution in [2.75, 3.05) is 24.5 Å². The lowest BCUT2D eigenvalue weighted by Gasteiger charge is -2.33. The molecule has 118 valence electrons. The minimum Gasteiger partial charge on any atom is -0.356 e. The van der Waals surface area contributed by atoms with Crippen molar-refractivity contribution in [2.24, 2.45) is 11.1 Å². The Hall–Kier alpha value is -1.25. The van der Waals surface area contributed by atoms with E-state index < -0.39 is 10.2 Å². The lowest BCUT2D eigenvalue weighted by atomic mass is 9.93. The Bertz CT molecular complexity index is 582. The SMILES string of the molecule is Cc1ncnc(N2CCC(CCNS(N)(=O)=O)CC2)c1C. The summed E-state index contributed by atoms with van der Waals surface area (Å²) in [5.41, 5.74) is 2.14. The van der Waals surface area contributed by atoms with Gasteiger partial charge in [-0.25, -0.2) is 19.8 Å². The molecule has 0 unspecified atom stereocenters.